The van der Waals surface area contributed by atoms with Crippen molar-refractivity contribution in [1.82, 2.24) is 10.2 Å². The average Bonchev–Trinajstić information content (AvgIpc) is 2.90. The molecule has 0 aliphatic rings. The van der Waals surface area contributed by atoms with Gasteiger partial charge < -0.3 is 10.2 Å². The smallest absolute Gasteiger partial charge is 0.244 e. The highest BCUT2D eigenvalue weighted by molar-refractivity contribution is 7.92. The fraction of sp³-hybridized carbons (Fsp3) is 0.333. The van der Waals surface area contributed by atoms with Crippen molar-refractivity contribution in [2.75, 3.05) is 23.7 Å². The highest BCUT2D eigenvalue weighted by atomic mass is 32.2. The number of carbonyl (C=O) groups excluding carboxylic acids is 2. The average molecular weight is 554 g/mol. The molecule has 0 heterocycles. The number of anilines is 1. The summed E-state index contributed by atoms with van der Waals surface area (Å²) in [4.78, 5) is 28.9. The fourth-order valence-corrected chi connectivity index (χ4v) is 5.19. The molecule has 0 fully saturated rings. The lowest BCUT2D eigenvalue weighted by Crippen LogP contribution is -2.53. The standard InChI is InChI=1S/C30H36FN3O4S/c1-5-17-32-30(36)28(19-24-9-7-6-8-10-24)33(20-25-13-15-26(31)16-14-25)29(35)21-34(39(4,37)38)27-18-22(2)11-12-23(27)3/h6-16,18,28H,5,17,19-21H2,1-4H3,(H,32,36)/t28-/m0/s1. The van der Waals surface area contributed by atoms with Crippen LogP contribution in [0.25, 0.3) is 0 Å². The molecule has 7 nitrogen and oxygen atoms in total. The topological polar surface area (TPSA) is 86.8 Å². The minimum absolute atomic E-state index is 0.000556. The van der Waals surface area contributed by atoms with E-state index in [1.165, 1.54) is 17.0 Å². The summed E-state index contributed by atoms with van der Waals surface area (Å²) in [5.41, 5.74) is 3.41. The maximum Gasteiger partial charge on any atom is 0.244 e. The van der Waals surface area contributed by atoms with Gasteiger partial charge in [0.15, 0.2) is 0 Å². The third kappa shape index (κ3) is 8.38. The van der Waals surface area contributed by atoms with Crippen LogP contribution in [0.5, 0.6) is 0 Å². The minimum Gasteiger partial charge on any atom is -0.354 e. The van der Waals surface area contributed by atoms with Gasteiger partial charge >= 0.3 is 0 Å². The molecule has 9 heteroatoms. The first-order chi connectivity index (χ1) is 18.5. The number of halogens is 1. The first-order valence-corrected chi connectivity index (χ1v) is 14.7. The Labute approximate surface area is 230 Å². The molecule has 0 radical (unpaired) electrons. The molecule has 3 aromatic carbocycles. The molecule has 0 aliphatic heterocycles. The number of aryl methyl sites for hydroxylation is 2. The van der Waals surface area contributed by atoms with Crippen molar-refractivity contribution in [3.05, 3.63) is 101 Å². The van der Waals surface area contributed by atoms with Gasteiger partial charge in [-0.3, -0.25) is 13.9 Å². The van der Waals surface area contributed by atoms with Crippen LogP contribution in [0.3, 0.4) is 0 Å². The minimum atomic E-state index is -3.85. The number of hydrogen-bond acceptors (Lipinski definition) is 4. The number of hydrogen-bond donors (Lipinski definition) is 1. The predicted molar refractivity (Wildman–Crippen MR) is 152 cm³/mol. The zero-order valence-electron chi connectivity index (χ0n) is 22.9. The van der Waals surface area contributed by atoms with Crippen molar-refractivity contribution < 1.29 is 22.4 Å². The van der Waals surface area contributed by atoms with Crippen molar-refractivity contribution in [2.45, 2.75) is 46.2 Å². The van der Waals surface area contributed by atoms with E-state index in [1.807, 2.05) is 50.2 Å². The first kappa shape index (κ1) is 29.8. The molecule has 0 bridgehead atoms. The molecule has 0 aromatic heterocycles. The van der Waals surface area contributed by atoms with Crippen molar-refractivity contribution >= 4 is 27.5 Å². The van der Waals surface area contributed by atoms with E-state index in [9.17, 15) is 22.4 Å². The Balaban J connectivity index is 2.06. The summed E-state index contributed by atoms with van der Waals surface area (Å²) in [7, 11) is -3.85. The van der Waals surface area contributed by atoms with Gasteiger partial charge in [-0.25, -0.2) is 12.8 Å². The summed E-state index contributed by atoms with van der Waals surface area (Å²) >= 11 is 0. The highest BCUT2D eigenvalue weighted by Crippen LogP contribution is 2.25. The number of amides is 2. The lowest BCUT2D eigenvalue weighted by atomic mass is 10.0. The van der Waals surface area contributed by atoms with Crippen molar-refractivity contribution in [3.8, 4) is 0 Å². The summed E-state index contributed by atoms with van der Waals surface area (Å²) in [5, 5.41) is 2.89. The van der Waals surface area contributed by atoms with Gasteiger partial charge in [0.2, 0.25) is 21.8 Å². The van der Waals surface area contributed by atoms with Crippen LogP contribution >= 0.6 is 0 Å². The molecule has 3 rings (SSSR count). The maximum atomic E-state index is 14.0. The summed E-state index contributed by atoms with van der Waals surface area (Å²) in [6.45, 7) is 5.50. The van der Waals surface area contributed by atoms with Crippen molar-refractivity contribution in [2.24, 2.45) is 0 Å². The van der Waals surface area contributed by atoms with Crippen molar-refractivity contribution in [1.29, 1.82) is 0 Å². The monoisotopic (exact) mass is 553 g/mol. The largest absolute Gasteiger partial charge is 0.354 e. The van der Waals surface area contributed by atoms with E-state index in [0.29, 0.717) is 29.8 Å². The van der Waals surface area contributed by atoms with Crippen LogP contribution in [0.1, 0.15) is 35.6 Å². The van der Waals surface area contributed by atoms with Crippen LogP contribution in [0.2, 0.25) is 0 Å². The molecule has 1 atom stereocenters. The molecule has 0 spiro atoms. The predicted octanol–water partition coefficient (Wildman–Crippen LogP) is 4.37. The number of benzene rings is 3. The van der Waals surface area contributed by atoms with Gasteiger partial charge in [-0.05, 0) is 60.7 Å². The van der Waals surface area contributed by atoms with Crippen LogP contribution < -0.4 is 9.62 Å². The Morgan fingerprint density at radius 3 is 2.23 bits per heavy atom. The van der Waals surface area contributed by atoms with Crippen molar-refractivity contribution in [3.63, 3.8) is 0 Å². The molecule has 0 aliphatic carbocycles. The molecular weight excluding hydrogens is 517 g/mol. The first-order valence-electron chi connectivity index (χ1n) is 12.9. The quantitative estimate of drug-likeness (QED) is 0.361. The summed E-state index contributed by atoms with van der Waals surface area (Å²) in [5.74, 6) is -1.30. The molecule has 1 N–H and O–H groups in total. The second kappa shape index (κ2) is 13.4. The van der Waals surface area contributed by atoms with Gasteiger partial charge in [-0.15, -0.1) is 0 Å². The zero-order valence-corrected chi connectivity index (χ0v) is 23.7. The molecule has 0 saturated heterocycles. The molecule has 2 amide bonds. The van der Waals surface area contributed by atoms with Crippen LogP contribution in [0.15, 0.2) is 72.8 Å². The normalized spacial score (nSPS) is 12.0. The molecule has 0 unspecified atom stereocenters. The summed E-state index contributed by atoms with van der Waals surface area (Å²) in [6.07, 6.45) is 2.00. The Morgan fingerprint density at radius 1 is 0.949 bits per heavy atom. The number of rotatable bonds is 12. The van der Waals surface area contributed by atoms with E-state index in [0.717, 1.165) is 21.7 Å². The van der Waals surface area contributed by atoms with E-state index in [1.54, 1.807) is 31.2 Å². The van der Waals surface area contributed by atoms with Crippen LogP contribution in [-0.4, -0.2) is 50.5 Å². The molecular formula is C30H36FN3O4S. The third-order valence-corrected chi connectivity index (χ3v) is 7.53. The van der Waals surface area contributed by atoms with Gasteiger partial charge in [-0.1, -0.05) is 61.5 Å². The van der Waals surface area contributed by atoms with E-state index in [2.05, 4.69) is 5.32 Å². The number of carbonyl (C=O) groups is 2. The van der Waals surface area contributed by atoms with Gasteiger partial charge in [0.1, 0.15) is 18.4 Å². The molecule has 39 heavy (non-hydrogen) atoms. The van der Waals surface area contributed by atoms with Gasteiger partial charge in [-0.2, -0.15) is 0 Å². The van der Waals surface area contributed by atoms with Crippen LogP contribution in [0, 0.1) is 19.7 Å². The second-order valence-corrected chi connectivity index (χ2v) is 11.6. The summed E-state index contributed by atoms with van der Waals surface area (Å²) < 4.78 is 40.6. The Kier molecular flexibility index (Phi) is 10.2. The van der Waals surface area contributed by atoms with E-state index in [-0.39, 0.29) is 18.9 Å². The van der Waals surface area contributed by atoms with Gasteiger partial charge in [0.05, 0.1) is 11.9 Å². The molecule has 0 saturated carbocycles. The maximum absolute atomic E-state index is 14.0. The third-order valence-electron chi connectivity index (χ3n) is 6.40. The lowest BCUT2D eigenvalue weighted by Gasteiger charge is -2.34. The lowest BCUT2D eigenvalue weighted by molar-refractivity contribution is -0.140. The second-order valence-electron chi connectivity index (χ2n) is 9.70. The van der Waals surface area contributed by atoms with Gasteiger partial charge in [0, 0.05) is 19.5 Å². The molecule has 208 valence electrons. The van der Waals surface area contributed by atoms with Gasteiger partial charge in [0.25, 0.3) is 0 Å². The Morgan fingerprint density at radius 2 is 1.62 bits per heavy atom. The fourth-order valence-electron chi connectivity index (χ4n) is 4.29. The SMILES string of the molecule is CCCNC(=O)[C@H](Cc1ccccc1)N(Cc1ccc(F)cc1)C(=O)CN(c1cc(C)ccc1C)S(C)(=O)=O. The Bertz CT molecular complexity index is 1380. The zero-order chi connectivity index (χ0) is 28.6. The van der Waals surface area contributed by atoms with E-state index >= 15 is 0 Å². The number of nitrogens with zero attached hydrogens (tertiary/aromatic N) is 2. The molecule has 3 aromatic rings. The number of nitrogens with one attached hydrogen (secondary N) is 1. The van der Waals surface area contributed by atoms with Crippen LogP contribution in [-0.2, 0) is 32.6 Å². The van der Waals surface area contributed by atoms with E-state index in [4.69, 9.17) is 0 Å². The Hall–Kier alpha value is -3.72. The highest BCUT2D eigenvalue weighted by Gasteiger charge is 2.33. The van der Waals surface area contributed by atoms with Crippen LogP contribution in [0.4, 0.5) is 10.1 Å². The number of sulfonamides is 1. The van der Waals surface area contributed by atoms with E-state index < -0.39 is 34.3 Å². The summed E-state index contributed by atoms with van der Waals surface area (Å²) in [6, 6.07) is 19.5.